The van der Waals surface area contributed by atoms with Crippen LogP contribution in [0.1, 0.15) is 21.0 Å². The van der Waals surface area contributed by atoms with E-state index < -0.39 is 11.3 Å². The van der Waals surface area contributed by atoms with Gasteiger partial charge in [-0.25, -0.2) is 0 Å². The lowest BCUT2D eigenvalue weighted by molar-refractivity contribution is 0.0997. The molecule has 4 N–H and O–H groups in total. The van der Waals surface area contributed by atoms with Crippen LogP contribution in [-0.4, -0.2) is 21.1 Å². The smallest absolute Gasteiger partial charge is 0.307 e. The minimum atomic E-state index is -0.610. The summed E-state index contributed by atoms with van der Waals surface area (Å²) < 4.78 is 5.44. The van der Waals surface area contributed by atoms with Crippen molar-refractivity contribution in [1.82, 2.24) is 4.98 Å². The summed E-state index contributed by atoms with van der Waals surface area (Å²) in [4.78, 5) is 38.4. The van der Waals surface area contributed by atoms with E-state index in [1.54, 1.807) is 24.3 Å². The molecule has 0 saturated heterocycles. The maximum Gasteiger partial charge on any atom is 0.307 e. The van der Waals surface area contributed by atoms with E-state index in [9.17, 15) is 24.6 Å². The SMILES string of the molecule is O=C(Nc1ccc(Cc2sc(=O)[nH]c2O)cc1)c1cc(=O)c2c(O)cccc2o1. The molecule has 146 valence electrons. The van der Waals surface area contributed by atoms with E-state index in [4.69, 9.17) is 4.42 Å². The largest absolute Gasteiger partial charge is 0.507 e. The molecule has 0 atom stereocenters. The highest BCUT2D eigenvalue weighted by molar-refractivity contribution is 7.09. The number of aromatic nitrogens is 1. The van der Waals surface area contributed by atoms with Crippen LogP contribution in [0.4, 0.5) is 5.69 Å². The molecule has 2 aromatic carbocycles. The van der Waals surface area contributed by atoms with E-state index in [2.05, 4.69) is 10.3 Å². The van der Waals surface area contributed by atoms with Crippen LogP contribution in [0.2, 0.25) is 0 Å². The predicted octanol–water partition coefficient (Wildman–Crippen LogP) is 2.80. The van der Waals surface area contributed by atoms with E-state index in [1.807, 2.05) is 0 Å². The molecule has 4 rings (SSSR count). The number of phenols is 1. The number of rotatable bonds is 4. The Bertz CT molecular complexity index is 1330. The summed E-state index contributed by atoms with van der Waals surface area (Å²) in [6.07, 6.45) is 0.368. The van der Waals surface area contributed by atoms with Crippen molar-refractivity contribution in [2.75, 3.05) is 5.32 Å². The maximum absolute atomic E-state index is 12.4. The summed E-state index contributed by atoms with van der Waals surface area (Å²) in [6.45, 7) is 0. The molecular formula is C20H14N2O6S. The zero-order valence-corrected chi connectivity index (χ0v) is 15.6. The van der Waals surface area contributed by atoms with Gasteiger partial charge in [0.1, 0.15) is 16.7 Å². The first-order chi connectivity index (χ1) is 13.9. The zero-order valence-electron chi connectivity index (χ0n) is 14.8. The van der Waals surface area contributed by atoms with Gasteiger partial charge in [0.25, 0.3) is 5.91 Å². The lowest BCUT2D eigenvalue weighted by Crippen LogP contribution is -2.15. The molecule has 0 unspecified atom stereocenters. The fourth-order valence-electron chi connectivity index (χ4n) is 2.86. The van der Waals surface area contributed by atoms with Gasteiger partial charge in [-0.3, -0.25) is 19.4 Å². The van der Waals surface area contributed by atoms with Crippen molar-refractivity contribution in [1.29, 1.82) is 0 Å². The van der Waals surface area contributed by atoms with Crippen LogP contribution in [0.25, 0.3) is 11.0 Å². The lowest BCUT2D eigenvalue weighted by Gasteiger charge is -2.07. The molecule has 0 bridgehead atoms. The van der Waals surface area contributed by atoms with Crippen LogP contribution in [-0.2, 0) is 6.42 Å². The average molecular weight is 410 g/mol. The van der Waals surface area contributed by atoms with Crippen molar-refractivity contribution < 1.29 is 19.4 Å². The number of carbonyl (C=O) groups is 1. The molecule has 0 fully saturated rings. The van der Waals surface area contributed by atoms with E-state index >= 15 is 0 Å². The molecule has 0 aliphatic heterocycles. The second-order valence-electron chi connectivity index (χ2n) is 6.24. The van der Waals surface area contributed by atoms with Gasteiger partial charge in [0.2, 0.25) is 5.88 Å². The minimum absolute atomic E-state index is 0.0173. The number of phenolic OH excluding ortho intramolecular Hbond substituents is 1. The lowest BCUT2D eigenvalue weighted by atomic mass is 10.1. The number of hydrogen-bond donors (Lipinski definition) is 4. The van der Waals surface area contributed by atoms with Gasteiger partial charge in [0, 0.05) is 18.2 Å². The fourth-order valence-corrected chi connectivity index (χ4v) is 3.62. The number of H-pyrrole nitrogens is 1. The molecule has 0 aliphatic carbocycles. The summed E-state index contributed by atoms with van der Waals surface area (Å²) in [5.74, 6) is -1.15. The van der Waals surface area contributed by atoms with Crippen molar-refractivity contribution >= 4 is 33.9 Å². The summed E-state index contributed by atoms with van der Waals surface area (Å²) in [5, 5.41) is 22.1. The number of nitrogens with one attached hydrogen (secondary N) is 2. The second kappa shape index (κ2) is 7.28. The normalized spacial score (nSPS) is 10.9. The third-order valence-electron chi connectivity index (χ3n) is 4.23. The van der Waals surface area contributed by atoms with Crippen molar-refractivity contribution in [3.05, 3.63) is 84.6 Å². The van der Waals surface area contributed by atoms with Crippen LogP contribution < -0.4 is 15.6 Å². The Morgan fingerprint density at radius 3 is 2.55 bits per heavy atom. The van der Waals surface area contributed by atoms with Gasteiger partial charge in [0.05, 0.1) is 4.88 Å². The summed E-state index contributed by atoms with van der Waals surface area (Å²) >= 11 is 0.934. The van der Waals surface area contributed by atoms with Crippen LogP contribution in [0, 0.1) is 0 Å². The fraction of sp³-hybridized carbons (Fsp3) is 0.0500. The van der Waals surface area contributed by atoms with Crippen molar-refractivity contribution in [2.45, 2.75) is 6.42 Å². The summed E-state index contributed by atoms with van der Waals surface area (Å²) in [5.41, 5.74) is 0.906. The molecule has 0 radical (unpaired) electrons. The highest BCUT2D eigenvalue weighted by Crippen LogP contribution is 2.23. The number of aromatic amines is 1. The molecule has 2 aromatic heterocycles. The monoisotopic (exact) mass is 410 g/mol. The predicted molar refractivity (Wildman–Crippen MR) is 108 cm³/mol. The third-order valence-corrected chi connectivity index (χ3v) is 5.11. The van der Waals surface area contributed by atoms with Crippen molar-refractivity contribution in [3.63, 3.8) is 0 Å². The number of thiazole rings is 1. The zero-order chi connectivity index (χ0) is 20.5. The Morgan fingerprint density at radius 2 is 1.86 bits per heavy atom. The summed E-state index contributed by atoms with van der Waals surface area (Å²) in [6, 6.07) is 12.2. The molecule has 29 heavy (non-hydrogen) atoms. The number of hydrogen-bond acceptors (Lipinski definition) is 7. The van der Waals surface area contributed by atoms with Crippen LogP contribution >= 0.6 is 11.3 Å². The van der Waals surface area contributed by atoms with Gasteiger partial charge in [0.15, 0.2) is 11.2 Å². The molecule has 1 amide bonds. The number of fused-ring (bicyclic) bond motifs is 1. The first-order valence-corrected chi connectivity index (χ1v) is 9.29. The highest BCUT2D eigenvalue weighted by atomic mass is 32.1. The number of aromatic hydroxyl groups is 2. The van der Waals surface area contributed by atoms with Gasteiger partial charge in [-0.1, -0.05) is 29.5 Å². The van der Waals surface area contributed by atoms with Crippen molar-refractivity contribution in [2.24, 2.45) is 0 Å². The molecule has 8 nitrogen and oxygen atoms in total. The molecule has 9 heteroatoms. The maximum atomic E-state index is 12.4. The van der Waals surface area contributed by atoms with Crippen LogP contribution in [0.3, 0.4) is 0 Å². The average Bonchev–Trinajstić information content (AvgIpc) is 3.00. The molecule has 4 aromatic rings. The van der Waals surface area contributed by atoms with E-state index in [0.717, 1.165) is 23.0 Å². The Balaban J connectivity index is 1.53. The third kappa shape index (κ3) is 3.76. The second-order valence-corrected chi connectivity index (χ2v) is 7.31. The number of benzene rings is 2. The number of anilines is 1. The molecule has 2 heterocycles. The first kappa shape index (κ1) is 18.5. The van der Waals surface area contributed by atoms with E-state index in [-0.39, 0.29) is 33.2 Å². The van der Waals surface area contributed by atoms with Crippen LogP contribution in [0.15, 0.2) is 62.5 Å². The standard InChI is InChI=1S/C20H14N2O6S/c23-12-2-1-3-14-17(12)13(24)9-15(28-14)18(25)21-11-6-4-10(5-7-11)8-16-19(26)22-20(27)29-16/h1-7,9,23,26H,8H2,(H,21,25)(H,22,27). The highest BCUT2D eigenvalue weighted by Gasteiger charge is 2.15. The molecular weight excluding hydrogens is 396 g/mol. The van der Waals surface area contributed by atoms with Gasteiger partial charge in [-0.05, 0) is 29.8 Å². The van der Waals surface area contributed by atoms with Gasteiger partial charge in [-0.2, -0.15) is 0 Å². The number of carbonyl (C=O) groups excluding carboxylic acids is 1. The topological polar surface area (TPSA) is 133 Å². The van der Waals surface area contributed by atoms with Crippen LogP contribution in [0.5, 0.6) is 11.6 Å². The Morgan fingerprint density at radius 1 is 1.10 bits per heavy atom. The van der Waals surface area contributed by atoms with E-state index in [1.165, 1.54) is 18.2 Å². The Labute approximate surface area is 166 Å². The van der Waals surface area contributed by atoms with Gasteiger partial charge >= 0.3 is 4.87 Å². The van der Waals surface area contributed by atoms with Crippen molar-refractivity contribution in [3.8, 4) is 11.6 Å². The molecule has 0 aliphatic rings. The quantitative estimate of drug-likeness (QED) is 0.409. The summed E-state index contributed by atoms with van der Waals surface area (Å²) in [7, 11) is 0. The molecule has 0 spiro atoms. The van der Waals surface area contributed by atoms with Gasteiger partial charge < -0.3 is 19.9 Å². The number of amides is 1. The van der Waals surface area contributed by atoms with Gasteiger partial charge in [-0.15, -0.1) is 0 Å². The Hall–Kier alpha value is -3.85. The molecule has 0 saturated carbocycles. The Kier molecular flexibility index (Phi) is 4.65. The first-order valence-electron chi connectivity index (χ1n) is 8.48. The van der Waals surface area contributed by atoms with E-state index in [0.29, 0.717) is 17.0 Å². The minimum Gasteiger partial charge on any atom is -0.507 e.